The summed E-state index contributed by atoms with van der Waals surface area (Å²) < 4.78 is 0. The highest BCUT2D eigenvalue weighted by Crippen LogP contribution is 2.07. The molecule has 1 rings (SSSR count). The Morgan fingerprint density at radius 1 is 1.53 bits per heavy atom. The van der Waals surface area contributed by atoms with Crippen molar-refractivity contribution in [2.45, 2.75) is 19.4 Å². The molecule has 0 unspecified atom stereocenters. The molecular formula is C11H16N2O3S. The zero-order chi connectivity index (χ0) is 12.7. The van der Waals surface area contributed by atoms with Crippen LogP contribution in [0, 0.1) is 0 Å². The Balaban J connectivity index is 2.20. The van der Waals surface area contributed by atoms with Gasteiger partial charge in [0.05, 0.1) is 11.5 Å². The summed E-state index contributed by atoms with van der Waals surface area (Å²) in [5, 5.41) is 15.8. The largest absolute Gasteiger partial charge is 0.394 e. The molecule has 94 valence electrons. The second kappa shape index (κ2) is 7.03. The molecule has 0 aliphatic rings. The van der Waals surface area contributed by atoms with E-state index in [1.165, 1.54) is 11.3 Å². The second-order valence-corrected chi connectivity index (χ2v) is 4.58. The van der Waals surface area contributed by atoms with Gasteiger partial charge in [-0.05, 0) is 18.4 Å². The van der Waals surface area contributed by atoms with E-state index >= 15 is 0 Å². The lowest BCUT2D eigenvalue weighted by atomic mass is 10.3. The van der Waals surface area contributed by atoms with Gasteiger partial charge in [-0.1, -0.05) is 6.07 Å². The summed E-state index contributed by atoms with van der Waals surface area (Å²) in [6.45, 7) is 1.91. The molecule has 6 heteroatoms. The molecule has 0 saturated carbocycles. The number of aliphatic hydroxyl groups is 1. The Kier molecular flexibility index (Phi) is 5.65. The zero-order valence-electron chi connectivity index (χ0n) is 9.60. The minimum absolute atomic E-state index is 0.0900. The summed E-state index contributed by atoms with van der Waals surface area (Å²) in [4.78, 5) is 23.4. The van der Waals surface area contributed by atoms with Crippen LogP contribution in [0.1, 0.15) is 23.0 Å². The number of carbonyl (C=O) groups is 2. The van der Waals surface area contributed by atoms with Gasteiger partial charge in [0.1, 0.15) is 0 Å². The second-order valence-electron chi connectivity index (χ2n) is 3.63. The molecule has 0 saturated heterocycles. The molecule has 0 spiro atoms. The van der Waals surface area contributed by atoms with Crippen molar-refractivity contribution in [3.05, 3.63) is 22.4 Å². The van der Waals surface area contributed by atoms with Gasteiger partial charge < -0.3 is 15.7 Å². The zero-order valence-corrected chi connectivity index (χ0v) is 10.4. The van der Waals surface area contributed by atoms with Crippen molar-refractivity contribution < 1.29 is 14.7 Å². The maximum Gasteiger partial charge on any atom is 0.261 e. The van der Waals surface area contributed by atoms with Gasteiger partial charge in [0.2, 0.25) is 5.91 Å². The lowest BCUT2D eigenvalue weighted by molar-refractivity contribution is -0.121. The number of hydrogen-bond donors (Lipinski definition) is 3. The minimum Gasteiger partial charge on any atom is -0.394 e. The van der Waals surface area contributed by atoms with Crippen molar-refractivity contribution in [1.82, 2.24) is 10.6 Å². The third-order valence-corrected chi connectivity index (χ3v) is 2.93. The molecule has 0 aliphatic heterocycles. The van der Waals surface area contributed by atoms with Crippen LogP contribution >= 0.6 is 11.3 Å². The van der Waals surface area contributed by atoms with Crippen LogP contribution < -0.4 is 10.6 Å². The molecule has 0 fully saturated rings. The van der Waals surface area contributed by atoms with E-state index in [2.05, 4.69) is 10.6 Å². The van der Waals surface area contributed by atoms with Crippen molar-refractivity contribution in [3.8, 4) is 0 Å². The van der Waals surface area contributed by atoms with Crippen LogP contribution in [0.4, 0.5) is 0 Å². The fourth-order valence-corrected chi connectivity index (χ4v) is 1.82. The standard InChI is InChI=1S/C11H16N2O3S/c1-8(7-14)13-10(15)4-5-12-11(16)9-3-2-6-17-9/h2-3,6,8,14H,4-5,7H2,1H3,(H,12,16)(H,13,15)/t8-/m1/s1. The molecule has 3 N–H and O–H groups in total. The van der Waals surface area contributed by atoms with Crippen molar-refractivity contribution in [3.63, 3.8) is 0 Å². The van der Waals surface area contributed by atoms with Crippen molar-refractivity contribution >= 4 is 23.2 Å². The molecule has 0 aliphatic carbocycles. The molecule has 1 heterocycles. The molecule has 1 atom stereocenters. The fraction of sp³-hybridized carbons (Fsp3) is 0.455. The Morgan fingerprint density at radius 3 is 2.88 bits per heavy atom. The van der Waals surface area contributed by atoms with E-state index in [0.717, 1.165) is 0 Å². The van der Waals surface area contributed by atoms with Crippen LogP contribution in [0.15, 0.2) is 17.5 Å². The lowest BCUT2D eigenvalue weighted by Gasteiger charge is -2.10. The predicted molar refractivity (Wildman–Crippen MR) is 66.0 cm³/mol. The van der Waals surface area contributed by atoms with Gasteiger partial charge in [0, 0.05) is 19.0 Å². The van der Waals surface area contributed by atoms with Gasteiger partial charge in [-0.25, -0.2) is 0 Å². The van der Waals surface area contributed by atoms with E-state index in [-0.39, 0.29) is 30.9 Å². The van der Waals surface area contributed by atoms with E-state index in [1.807, 2.05) is 5.38 Å². The van der Waals surface area contributed by atoms with Crippen LogP contribution in [0.5, 0.6) is 0 Å². The molecule has 1 aromatic heterocycles. The van der Waals surface area contributed by atoms with Gasteiger partial charge in [-0.3, -0.25) is 9.59 Å². The van der Waals surface area contributed by atoms with Crippen LogP contribution in [0.3, 0.4) is 0 Å². The summed E-state index contributed by atoms with van der Waals surface area (Å²) in [5.41, 5.74) is 0. The molecule has 0 aromatic carbocycles. The highest BCUT2D eigenvalue weighted by molar-refractivity contribution is 7.12. The maximum atomic E-state index is 11.5. The minimum atomic E-state index is -0.254. The van der Waals surface area contributed by atoms with E-state index in [9.17, 15) is 9.59 Å². The Morgan fingerprint density at radius 2 is 2.29 bits per heavy atom. The first-order valence-electron chi connectivity index (χ1n) is 5.35. The monoisotopic (exact) mass is 256 g/mol. The first kappa shape index (κ1) is 13.7. The first-order chi connectivity index (χ1) is 8.13. The SMILES string of the molecule is C[C@H](CO)NC(=O)CCNC(=O)c1cccs1. The quantitative estimate of drug-likeness (QED) is 0.688. The maximum absolute atomic E-state index is 11.5. The van der Waals surface area contributed by atoms with Crippen molar-refractivity contribution in [1.29, 1.82) is 0 Å². The van der Waals surface area contributed by atoms with Gasteiger partial charge in [0.15, 0.2) is 0 Å². The Bertz CT molecular complexity index is 365. The number of hydrogen-bond acceptors (Lipinski definition) is 4. The van der Waals surface area contributed by atoms with Crippen LogP contribution in [0.2, 0.25) is 0 Å². The number of rotatable bonds is 6. The van der Waals surface area contributed by atoms with Gasteiger partial charge in [-0.15, -0.1) is 11.3 Å². The normalized spacial score (nSPS) is 11.9. The number of aliphatic hydroxyl groups excluding tert-OH is 1. The van der Waals surface area contributed by atoms with Crippen molar-refractivity contribution in [2.75, 3.05) is 13.2 Å². The predicted octanol–water partition coefficient (Wildman–Crippen LogP) is 0.365. The third-order valence-electron chi connectivity index (χ3n) is 2.06. The van der Waals surface area contributed by atoms with Gasteiger partial charge in [-0.2, -0.15) is 0 Å². The van der Waals surface area contributed by atoms with Crippen LogP contribution in [-0.2, 0) is 4.79 Å². The lowest BCUT2D eigenvalue weighted by Crippen LogP contribution is -2.37. The Labute approximate surface area is 104 Å². The molecule has 0 radical (unpaired) electrons. The molecule has 1 aromatic rings. The molecule has 0 bridgehead atoms. The first-order valence-corrected chi connectivity index (χ1v) is 6.23. The number of amides is 2. The number of thiophene rings is 1. The highest BCUT2D eigenvalue weighted by Gasteiger charge is 2.08. The summed E-state index contributed by atoms with van der Waals surface area (Å²) in [7, 11) is 0. The number of nitrogens with one attached hydrogen (secondary N) is 2. The molecular weight excluding hydrogens is 240 g/mol. The summed E-state index contributed by atoms with van der Waals surface area (Å²) in [6, 6.07) is 3.28. The molecule has 5 nitrogen and oxygen atoms in total. The van der Waals surface area contributed by atoms with E-state index in [1.54, 1.807) is 19.1 Å². The average Bonchev–Trinajstić information content (AvgIpc) is 2.82. The third kappa shape index (κ3) is 4.97. The van der Waals surface area contributed by atoms with Gasteiger partial charge >= 0.3 is 0 Å². The number of carbonyl (C=O) groups excluding carboxylic acids is 2. The van der Waals surface area contributed by atoms with Gasteiger partial charge in [0.25, 0.3) is 5.91 Å². The summed E-state index contributed by atoms with van der Waals surface area (Å²) in [6.07, 6.45) is 0.210. The summed E-state index contributed by atoms with van der Waals surface area (Å²) >= 11 is 1.36. The van der Waals surface area contributed by atoms with Crippen molar-refractivity contribution in [2.24, 2.45) is 0 Å². The topological polar surface area (TPSA) is 78.4 Å². The van der Waals surface area contributed by atoms with Crippen LogP contribution in [0.25, 0.3) is 0 Å². The highest BCUT2D eigenvalue weighted by atomic mass is 32.1. The fourth-order valence-electron chi connectivity index (χ4n) is 1.18. The van der Waals surface area contributed by atoms with E-state index in [0.29, 0.717) is 11.4 Å². The average molecular weight is 256 g/mol. The molecule has 2 amide bonds. The molecule has 17 heavy (non-hydrogen) atoms. The van der Waals surface area contributed by atoms with Crippen LogP contribution in [-0.4, -0.2) is 36.1 Å². The summed E-state index contributed by atoms with van der Waals surface area (Å²) in [5.74, 6) is -0.346. The smallest absolute Gasteiger partial charge is 0.261 e. The van der Waals surface area contributed by atoms with E-state index < -0.39 is 0 Å². The van der Waals surface area contributed by atoms with E-state index in [4.69, 9.17) is 5.11 Å². The Hall–Kier alpha value is -1.40.